The first-order valence-corrected chi connectivity index (χ1v) is 8.88. The van der Waals surface area contributed by atoms with Crippen molar-refractivity contribution < 1.29 is 4.74 Å². The van der Waals surface area contributed by atoms with E-state index >= 15 is 0 Å². The largest absolute Gasteiger partial charge is 0.457 e. The van der Waals surface area contributed by atoms with Crippen LogP contribution in [-0.2, 0) is 6.54 Å². The van der Waals surface area contributed by atoms with Crippen LogP contribution in [0, 0.1) is 0 Å². The Morgan fingerprint density at radius 1 is 1.04 bits per heavy atom. The number of likely N-dealkylation sites (N-methyl/N-ethyl adjacent to an activating group) is 1. The number of benzene rings is 2. The predicted octanol–water partition coefficient (Wildman–Crippen LogP) is 2.18. The lowest BCUT2D eigenvalue weighted by Gasteiger charge is -2.08. The molecule has 28 heavy (non-hydrogen) atoms. The number of para-hydroxylation sites is 1. The van der Waals surface area contributed by atoms with Gasteiger partial charge < -0.3 is 15.8 Å². The SMILES string of the molecule is CNCCn1c(=O)n(-c2ccc(Oc3ccccc3)cc2)c2c(N)ncnc21. The summed E-state index contributed by atoms with van der Waals surface area (Å²) in [5.41, 5.74) is 7.54. The van der Waals surface area contributed by atoms with Gasteiger partial charge in [-0.2, -0.15) is 0 Å². The Bertz CT molecular complexity index is 1150. The summed E-state index contributed by atoms with van der Waals surface area (Å²) >= 11 is 0. The molecule has 0 fully saturated rings. The standard InChI is InChI=1S/C20H20N6O2/c1-22-11-12-25-19-17(18(21)23-13-24-19)26(20(25)27)14-7-9-16(10-8-14)28-15-5-3-2-4-6-15/h2-10,13,22H,11-12H2,1H3,(H2,21,23,24). The summed E-state index contributed by atoms with van der Waals surface area (Å²) in [6.45, 7) is 1.11. The Hall–Kier alpha value is -3.65. The number of aromatic nitrogens is 4. The quantitative estimate of drug-likeness (QED) is 0.535. The highest BCUT2D eigenvalue weighted by Crippen LogP contribution is 2.24. The molecule has 4 aromatic rings. The van der Waals surface area contributed by atoms with Gasteiger partial charge in [-0.05, 0) is 43.4 Å². The maximum atomic E-state index is 13.1. The summed E-state index contributed by atoms with van der Waals surface area (Å²) in [5.74, 6) is 1.68. The summed E-state index contributed by atoms with van der Waals surface area (Å²) < 4.78 is 8.95. The van der Waals surface area contributed by atoms with E-state index in [0.29, 0.717) is 35.7 Å². The maximum absolute atomic E-state index is 13.1. The smallest absolute Gasteiger partial charge is 0.335 e. The van der Waals surface area contributed by atoms with Crippen LogP contribution in [0.1, 0.15) is 0 Å². The summed E-state index contributed by atoms with van der Waals surface area (Å²) in [7, 11) is 1.83. The monoisotopic (exact) mass is 376 g/mol. The number of rotatable bonds is 6. The zero-order chi connectivity index (χ0) is 19.5. The molecule has 2 aromatic heterocycles. The molecule has 0 radical (unpaired) electrons. The number of nitrogen functional groups attached to an aromatic ring is 1. The number of nitrogens with two attached hydrogens (primary N) is 1. The minimum Gasteiger partial charge on any atom is -0.457 e. The number of anilines is 1. The Kier molecular flexibility index (Phi) is 4.77. The van der Waals surface area contributed by atoms with Crippen LogP contribution in [0.25, 0.3) is 16.9 Å². The van der Waals surface area contributed by atoms with Crippen LogP contribution in [0.2, 0.25) is 0 Å². The molecule has 0 atom stereocenters. The normalized spacial score (nSPS) is 11.0. The van der Waals surface area contributed by atoms with Crippen LogP contribution < -0.4 is 21.5 Å². The topological polar surface area (TPSA) is 100.0 Å². The van der Waals surface area contributed by atoms with E-state index in [4.69, 9.17) is 10.5 Å². The van der Waals surface area contributed by atoms with E-state index in [2.05, 4.69) is 15.3 Å². The number of imidazole rings is 1. The van der Waals surface area contributed by atoms with Crippen molar-refractivity contribution in [3.8, 4) is 17.2 Å². The minimum atomic E-state index is -0.214. The molecule has 0 saturated heterocycles. The highest BCUT2D eigenvalue weighted by molar-refractivity contribution is 5.84. The molecule has 0 aliphatic rings. The van der Waals surface area contributed by atoms with Gasteiger partial charge in [0.2, 0.25) is 0 Å². The van der Waals surface area contributed by atoms with Crippen molar-refractivity contribution in [3.05, 3.63) is 71.4 Å². The molecule has 2 aromatic carbocycles. The van der Waals surface area contributed by atoms with Gasteiger partial charge in [-0.15, -0.1) is 0 Å². The van der Waals surface area contributed by atoms with E-state index in [1.165, 1.54) is 10.9 Å². The molecule has 0 amide bonds. The van der Waals surface area contributed by atoms with Crippen molar-refractivity contribution in [2.75, 3.05) is 19.3 Å². The van der Waals surface area contributed by atoms with Gasteiger partial charge in [0, 0.05) is 13.1 Å². The van der Waals surface area contributed by atoms with Gasteiger partial charge in [-0.3, -0.25) is 9.13 Å². The van der Waals surface area contributed by atoms with Gasteiger partial charge in [0.1, 0.15) is 23.3 Å². The first-order chi connectivity index (χ1) is 13.7. The summed E-state index contributed by atoms with van der Waals surface area (Å²) in [5, 5.41) is 3.04. The Balaban J connectivity index is 1.76. The molecule has 2 heterocycles. The van der Waals surface area contributed by atoms with Gasteiger partial charge in [0.05, 0.1) is 5.69 Å². The lowest BCUT2D eigenvalue weighted by molar-refractivity contribution is 0.482. The van der Waals surface area contributed by atoms with Gasteiger partial charge in [0.25, 0.3) is 0 Å². The number of nitrogens with zero attached hydrogens (tertiary/aromatic N) is 4. The first-order valence-electron chi connectivity index (χ1n) is 8.88. The lowest BCUT2D eigenvalue weighted by Crippen LogP contribution is -2.27. The second-order valence-electron chi connectivity index (χ2n) is 6.21. The molecule has 8 heteroatoms. The predicted molar refractivity (Wildman–Crippen MR) is 108 cm³/mol. The third-order valence-corrected chi connectivity index (χ3v) is 4.39. The molecule has 0 bridgehead atoms. The average Bonchev–Trinajstić information content (AvgIpc) is 3.00. The third-order valence-electron chi connectivity index (χ3n) is 4.39. The number of hydrogen-bond acceptors (Lipinski definition) is 6. The van der Waals surface area contributed by atoms with Crippen LogP contribution in [-0.4, -0.2) is 32.7 Å². The van der Waals surface area contributed by atoms with Crippen molar-refractivity contribution >= 4 is 17.0 Å². The number of ether oxygens (including phenoxy) is 1. The molecule has 0 unspecified atom stereocenters. The molecule has 4 rings (SSSR count). The van der Waals surface area contributed by atoms with Crippen LogP contribution in [0.4, 0.5) is 5.82 Å². The average molecular weight is 376 g/mol. The molecular formula is C20H20N6O2. The highest BCUT2D eigenvalue weighted by atomic mass is 16.5. The molecule has 0 aliphatic carbocycles. The number of nitrogens with one attached hydrogen (secondary N) is 1. The summed E-state index contributed by atoms with van der Waals surface area (Å²) in [6, 6.07) is 16.8. The molecule has 3 N–H and O–H groups in total. The van der Waals surface area contributed by atoms with Gasteiger partial charge in [-0.25, -0.2) is 14.8 Å². The zero-order valence-corrected chi connectivity index (χ0v) is 15.4. The number of fused-ring (bicyclic) bond motifs is 1. The molecule has 8 nitrogen and oxygen atoms in total. The fourth-order valence-corrected chi connectivity index (χ4v) is 3.05. The molecule has 142 valence electrons. The Morgan fingerprint density at radius 3 is 2.46 bits per heavy atom. The molecule has 0 saturated carbocycles. The highest BCUT2D eigenvalue weighted by Gasteiger charge is 2.18. The van der Waals surface area contributed by atoms with E-state index in [0.717, 1.165) is 5.75 Å². The number of hydrogen-bond donors (Lipinski definition) is 2. The second-order valence-corrected chi connectivity index (χ2v) is 6.21. The first kappa shape index (κ1) is 17.7. The van der Waals surface area contributed by atoms with Crippen LogP contribution in [0.3, 0.4) is 0 Å². The fraction of sp³-hybridized carbons (Fsp3) is 0.150. The zero-order valence-electron chi connectivity index (χ0n) is 15.4. The van der Waals surface area contributed by atoms with Crippen LogP contribution >= 0.6 is 0 Å². The van der Waals surface area contributed by atoms with E-state index in [1.807, 2.05) is 61.6 Å². The third kappa shape index (κ3) is 3.21. The van der Waals surface area contributed by atoms with Gasteiger partial charge >= 0.3 is 5.69 Å². The molecule has 0 spiro atoms. The van der Waals surface area contributed by atoms with E-state index in [-0.39, 0.29) is 11.5 Å². The van der Waals surface area contributed by atoms with E-state index < -0.39 is 0 Å². The van der Waals surface area contributed by atoms with Crippen molar-refractivity contribution in [2.45, 2.75) is 6.54 Å². The summed E-state index contributed by atoms with van der Waals surface area (Å²) in [6.07, 6.45) is 1.37. The Morgan fingerprint density at radius 2 is 1.75 bits per heavy atom. The maximum Gasteiger partial charge on any atom is 0.335 e. The van der Waals surface area contributed by atoms with Crippen molar-refractivity contribution in [1.82, 2.24) is 24.4 Å². The van der Waals surface area contributed by atoms with Gasteiger partial charge in [-0.1, -0.05) is 18.2 Å². The molecule has 0 aliphatic heterocycles. The van der Waals surface area contributed by atoms with Crippen LogP contribution in [0.5, 0.6) is 11.5 Å². The lowest BCUT2D eigenvalue weighted by atomic mass is 10.3. The minimum absolute atomic E-state index is 0.214. The molecular weight excluding hydrogens is 356 g/mol. The van der Waals surface area contributed by atoms with Crippen molar-refractivity contribution in [1.29, 1.82) is 0 Å². The van der Waals surface area contributed by atoms with Crippen LogP contribution in [0.15, 0.2) is 65.7 Å². The summed E-state index contributed by atoms with van der Waals surface area (Å²) in [4.78, 5) is 21.4. The van der Waals surface area contributed by atoms with Crippen molar-refractivity contribution in [2.24, 2.45) is 0 Å². The van der Waals surface area contributed by atoms with E-state index in [1.54, 1.807) is 4.57 Å². The van der Waals surface area contributed by atoms with Crippen molar-refractivity contribution in [3.63, 3.8) is 0 Å². The fourth-order valence-electron chi connectivity index (χ4n) is 3.05. The Labute approximate surface area is 161 Å². The van der Waals surface area contributed by atoms with Gasteiger partial charge in [0.15, 0.2) is 11.5 Å². The van der Waals surface area contributed by atoms with E-state index in [9.17, 15) is 4.79 Å². The second kappa shape index (κ2) is 7.53.